The first-order chi connectivity index (χ1) is 8.63. The highest BCUT2D eigenvalue weighted by atomic mass is 79.9. The van der Waals surface area contributed by atoms with Crippen molar-refractivity contribution in [2.75, 3.05) is 18.5 Å². The molecule has 98 valence electrons. The molecule has 5 heteroatoms. The summed E-state index contributed by atoms with van der Waals surface area (Å²) in [5.41, 5.74) is 1.84. The predicted molar refractivity (Wildman–Crippen MR) is 74.7 cm³/mol. The number of hydrogen-bond donors (Lipinski definition) is 2. The minimum atomic E-state index is -0.141. The lowest BCUT2D eigenvalue weighted by atomic mass is 10.2. The van der Waals surface area contributed by atoms with E-state index in [-0.39, 0.29) is 18.7 Å². The molecule has 0 spiro atoms. The number of nitrogens with one attached hydrogen (secondary N) is 1. The van der Waals surface area contributed by atoms with Crippen LogP contribution in [0, 0.1) is 6.92 Å². The zero-order chi connectivity index (χ0) is 13.1. The molecule has 0 aliphatic carbocycles. The van der Waals surface area contributed by atoms with Gasteiger partial charge in [-0.1, -0.05) is 12.1 Å². The summed E-state index contributed by atoms with van der Waals surface area (Å²) in [7, 11) is 0. The highest BCUT2D eigenvalue weighted by Crippen LogP contribution is 2.27. The van der Waals surface area contributed by atoms with Gasteiger partial charge in [-0.3, -0.25) is 0 Å². The third-order valence-corrected chi connectivity index (χ3v) is 4.33. The molecule has 1 fully saturated rings. The second kappa shape index (κ2) is 5.71. The number of hydrogen-bond acceptors (Lipinski definition) is 2. The van der Waals surface area contributed by atoms with Gasteiger partial charge >= 0.3 is 6.03 Å². The molecular formula is C13H17BrN2O2. The molecule has 1 aliphatic heterocycles. The van der Waals surface area contributed by atoms with Crippen LogP contribution in [0.5, 0.6) is 0 Å². The second-order valence-corrected chi connectivity index (χ2v) is 5.33. The Balaban J connectivity index is 2.09. The van der Waals surface area contributed by atoms with Gasteiger partial charge in [-0.15, -0.1) is 0 Å². The number of likely N-dealkylation sites (tertiary alicyclic amines) is 1. The molecule has 4 nitrogen and oxygen atoms in total. The standard InChI is InChI=1S/C13H17BrN2O2/c1-9-4-2-6-11(12(9)14)15-13(18)16-7-3-5-10(16)8-17/h2,4,6,10,17H,3,5,7-8H2,1H3,(H,15,18)/t10-/m1/s1. The van der Waals surface area contributed by atoms with E-state index < -0.39 is 0 Å². The third kappa shape index (κ3) is 2.67. The maximum Gasteiger partial charge on any atom is 0.322 e. The molecule has 1 aromatic carbocycles. The molecular weight excluding hydrogens is 296 g/mol. The van der Waals surface area contributed by atoms with Crippen molar-refractivity contribution in [1.29, 1.82) is 0 Å². The molecule has 1 aliphatic rings. The monoisotopic (exact) mass is 312 g/mol. The number of rotatable bonds is 2. The Hall–Kier alpha value is -1.07. The van der Waals surface area contributed by atoms with Crippen LogP contribution in [0.2, 0.25) is 0 Å². The maximum atomic E-state index is 12.1. The third-order valence-electron chi connectivity index (χ3n) is 3.28. The van der Waals surface area contributed by atoms with E-state index in [1.165, 1.54) is 0 Å². The van der Waals surface area contributed by atoms with E-state index in [2.05, 4.69) is 21.2 Å². The van der Waals surface area contributed by atoms with E-state index in [1.807, 2.05) is 25.1 Å². The first kappa shape index (κ1) is 13.4. The Morgan fingerprint density at radius 1 is 1.61 bits per heavy atom. The van der Waals surface area contributed by atoms with Crippen molar-refractivity contribution in [3.05, 3.63) is 28.2 Å². The lowest BCUT2D eigenvalue weighted by molar-refractivity contribution is 0.166. The molecule has 18 heavy (non-hydrogen) atoms. The Kier molecular flexibility index (Phi) is 4.24. The topological polar surface area (TPSA) is 52.6 Å². The van der Waals surface area contributed by atoms with Gasteiger partial charge in [0.05, 0.1) is 18.3 Å². The summed E-state index contributed by atoms with van der Waals surface area (Å²) in [5, 5.41) is 12.1. The number of aliphatic hydroxyl groups excluding tert-OH is 1. The number of aliphatic hydroxyl groups is 1. The summed E-state index contributed by atoms with van der Waals surface area (Å²) in [6.07, 6.45) is 1.83. The van der Waals surface area contributed by atoms with Crippen LogP contribution in [-0.4, -0.2) is 35.2 Å². The normalized spacial score (nSPS) is 19.1. The van der Waals surface area contributed by atoms with Crippen molar-refractivity contribution in [2.24, 2.45) is 0 Å². The van der Waals surface area contributed by atoms with E-state index in [4.69, 9.17) is 0 Å². The number of benzene rings is 1. The maximum absolute atomic E-state index is 12.1. The Morgan fingerprint density at radius 3 is 3.11 bits per heavy atom. The quantitative estimate of drug-likeness (QED) is 0.882. The van der Waals surface area contributed by atoms with Gasteiger partial charge in [-0.05, 0) is 47.3 Å². The van der Waals surface area contributed by atoms with Gasteiger partial charge in [-0.2, -0.15) is 0 Å². The van der Waals surface area contributed by atoms with Crippen LogP contribution in [0.4, 0.5) is 10.5 Å². The minimum Gasteiger partial charge on any atom is -0.394 e. The summed E-state index contributed by atoms with van der Waals surface area (Å²) >= 11 is 3.47. The van der Waals surface area contributed by atoms with E-state index in [0.29, 0.717) is 6.54 Å². The van der Waals surface area contributed by atoms with Crippen LogP contribution in [0.1, 0.15) is 18.4 Å². The smallest absolute Gasteiger partial charge is 0.322 e. The van der Waals surface area contributed by atoms with Crippen molar-refractivity contribution >= 4 is 27.6 Å². The summed E-state index contributed by atoms with van der Waals surface area (Å²) in [4.78, 5) is 13.8. The molecule has 1 heterocycles. The molecule has 0 unspecified atom stereocenters. The molecule has 2 rings (SSSR count). The minimum absolute atomic E-state index is 0.0302. The Labute approximate surface area is 115 Å². The molecule has 2 amide bonds. The average molecular weight is 313 g/mol. The summed E-state index contributed by atoms with van der Waals surface area (Å²) < 4.78 is 0.901. The number of urea groups is 1. The van der Waals surface area contributed by atoms with Gasteiger partial charge in [-0.25, -0.2) is 4.79 Å². The number of halogens is 1. The summed E-state index contributed by atoms with van der Waals surface area (Å²) in [5.74, 6) is 0. The number of carbonyl (C=O) groups excluding carboxylic acids is 1. The Morgan fingerprint density at radius 2 is 2.39 bits per heavy atom. The van der Waals surface area contributed by atoms with E-state index >= 15 is 0 Å². The first-order valence-electron chi connectivity index (χ1n) is 6.07. The van der Waals surface area contributed by atoms with Crippen molar-refractivity contribution in [3.63, 3.8) is 0 Å². The van der Waals surface area contributed by atoms with Crippen LogP contribution in [0.25, 0.3) is 0 Å². The van der Waals surface area contributed by atoms with Crippen molar-refractivity contribution < 1.29 is 9.90 Å². The number of amides is 2. The van der Waals surface area contributed by atoms with Crippen LogP contribution in [0.3, 0.4) is 0 Å². The van der Waals surface area contributed by atoms with Crippen LogP contribution in [-0.2, 0) is 0 Å². The fourth-order valence-corrected chi connectivity index (χ4v) is 2.59. The van der Waals surface area contributed by atoms with Crippen molar-refractivity contribution in [2.45, 2.75) is 25.8 Å². The Bertz CT molecular complexity index is 451. The summed E-state index contributed by atoms with van der Waals surface area (Å²) in [6.45, 7) is 2.72. The molecule has 1 aromatic rings. The lowest BCUT2D eigenvalue weighted by Gasteiger charge is -2.23. The number of anilines is 1. The molecule has 2 N–H and O–H groups in total. The van der Waals surface area contributed by atoms with Gasteiger partial charge in [0.1, 0.15) is 0 Å². The van der Waals surface area contributed by atoms with Crippen molar-refractivity contribution in [3.8, 4) is 0 Å². The van der Waals surface area contributed by atoms with Gasteiger partial charge in [0.25, 0.3) is 0 Å². The second-order valence-electron chi connectivity index (χ2n) is 4.54. The molecule has 1 saturated heterocycles. The highest BCUT2D eigenvalue weighted by molar-refractivity contribution is 9.10. The molecule has 0 aromatic heterocycles. The predicted octanol–water partition coefficient (Wildman–Crippen LogP) is 2.75. The van der Waals surface area contributed by atoms with Crippen LogP contribution < -0.4 is 5.32 Å². The van der Waals surface area contributed by atoms with Gasteiger partial charge < -0.3 is 15.3 Å². The molecule has 0 bridgehead atoms. The summed E-state index contributed by atoms with van der Waals surface area (Å²) in [6, 6.07) is 5.56. The van der Waals surface area contributed by atoms with E-state index in [9.17, 15) is 9.90 Å². The molecule has 0 radical (unpaired) electrons. The van der Waals surface area contributed by atoms with E-state index in [0.717, 1.165) is 28.6 Å². The van der Waals surface area contributed by atoms with Crippen LogP contribution in [0.15, 0.2) is 22.7 Å². The van der Waals surface area contributed by atoms with Crippen molar-refractivity contribution in [1.82, 2.24) is 4.90 Å². The fraction of sp³-hybridized carbons (Fsp3) is 0.462. The number of aryl methyl sites for hydroxylation is 1. The van der Waals surface area contributed by atoms with Crippen LogP contribution >= 0.6 is 15.9 Å². The zero-order valence-corrected chi connectivity index (χ0v) is 11.9. The lowest BCUT2D eigenvalue weighted by Crippen LogP contribution is -2.40. The number of carbonyl (C=O) groups is 1. The number of nitrogens with zero attached hydrogens (tertiary/aromatic N) is 1. The van der Waals surface area contributed by atoms with Gasteiger partial charge in [0.15, 0.2) is 0 Å². The fourth-order valence-electron chi connectivity index (χ4n) is 2.22. The molecule has 1 atom stereocenters. The molecule has 0 saturated carbocycles. The average Bonchev–Trinajstić information content (AvgIpc) is 2.83. The SMILES string of the molecule is Cc1cccc(NC(=O)N2CCC[C@@H]2CO)c1Br. The first-order valence-corrected chi connectivity index (χ1v) is 6.86. The largest absolute Gasteiger partial charge is 0.394 e. The van der Waals surface area contributed by atoms with Gasteiger partial charge in [0.2, 0.25) is 0 Å². The van der Waals surface area contributed by atoms with Gasteiger partial charge in [0, 0.05) is 11.0 Å². The zero-order valence-electron chi connectivity index (χ0n) is 10.3. The van der Waals surface area contributed by atoms with E-state index in [1.54, 1.807) is 4.90 Å². The highest BCUT2D eigenvalue weighted by Gasteiger charge is 2.28.